The molecule has 0 heterocycles. The molecule has 0 bridgehead atoms. The van der Waals surface area contributed by atoms with Gasteiger partial charge in [0.05, 0.1) is 18.8 Å². The topological polar surface area (TPSA) is 84.5 Å². The highest BCUT2D eigenvalue weighted by Gasteiger charge is 2.31. The van der Waals surface area contributed by atoms with E-state index in [1.54, 1.807) is 14.2 Å². The minimum atomic E-state index is -3.50. The van der Waals surface area contributed by atoms with Crippen LogP contribution in [0.3, 0.4) is 0 Å². The van der Waals surface area contributed by atoms with E-state index < -0.39 is 19.6 Å². The molecule has 0 radical (unpaired) electrons. The van der Waals surface area contributed by atoms with Gasteiger partial charge in [0.15, 0.2) is 6.29 Å². The largest absolute Gasteiger partial charge is 0.491 e. The first-order chi connectivity index (χ1) is 14.1. The van der Waals surface area contributed by atoms with E-state index in [9.17, 15) is 4.57 Å². The van der Waals surface area contributed by atoms with E-state index in [4.69, 9.17) is 28.0 Å². The van der Waals surface area contributed by atoms with Gasteiger partial charge in [-0.25, -0.2) is 9.65 Å². The highest BCUT2D eigenvalue weighted by molar-refractivity contribution is 7.51. The van der Waals surface area contributed by atoms with Crippen molar-refractivity contribution in [2.75, 3.05) is 47.2 Å². The lowest BCUT2D eigenvalue weighted by Gasteiger charge is -2.28. The predicted octanol–water partition coefficient (Wildman–Crippen LogP) is 4.56. The summed E-state index contributed by atoms with van der Waals surface area (Å²) in [7, 11) is -0.330. The smallest absolute Gasteiger partial charge is 0.406 e. The Morgan fingerprint density at radius 3 is 2.23 bits per heavy atom. The summed E-state index contributed by atoms with van der Waals surface area (Å²) < 4.78 is 45.9. The quantitative estimate of drug-likeness (QED) is 0.238. The van der Waals surface area contributed by atoms with Crippen molar-refractivity contribution in [3.05, 3.63) is 29.8 Å². The second kappa shape index (κ2) is 13.4. The zero-order valence-electron chi connectivity index (χ0n) is 19.3. The van der Waals surface area contributed by atoms with Crippen LogP contribution in [0.25, 0.3) is 0 Å². The minimum Gasteiger partial charge on any atom is -0.491 e. The molecule has 1 aromatic rings. The van der Waals surface area contributed by atoms with Gasteiger partial charge in [-0.3, -0.25) is 9.05 Å². The summed E-state index contributed by atoms with van der Waals surface area (Å²) in [6.07, 6.45) is -0.418. The van der Waals surface area contributed by atoms with Gasteiger partial charge in [-0.2, -0.15) is 0 Å². The number of benzene rings is 1. The molecule has 0 aliphatic rings. The maximum atomic E-state index is 13.1. The molecule has 1 rings (SSSR count). The van der Waals surface area contributed by atoms with Gasteiger partial charge in [0, 0.05) is 32.9 Å². The second-order valence-corrected chi connectivity index (χ2v) is 9.63. The Hall–Kier alpha value is -0.990. The molecule has 0 fully saturated rings. The summed E-state index contributed by atoms with van der Waals surface area (Å²) in [5.74, 6) is 0.835. The third-order valence-corrected chi connectivity index (χ3v) is 5.71. The van der Waals surface area contributed by atoms with E-state index in [1.165, 1.54) is 0 Å². The van der Waals surface area contributed by atoms with E-state index in [0.717, 1.165) is 5.56 Å². The van der Waals surface area contributed by atoms with Crippen LogP contribution in [0.2, 0.25) is 0 Å². The lowest BCUT2D eigenvalue weighted by molar-refractivity contribution is -0.106. The zero-order valence-corrected chi connectivity index (χ0v) is 20.2. The van der Waals surface area contributed by atoms with Crippen LogP contribution < -0.4 is 9.82 Å². The summed E-state index contributed by atoms with van der Waals surface area (Å²) in [6, 6.07) is 7.37. The Morgan fingerprint density at radius 1 is 1.07 bits per heavy atom. The van der Waals surface area contributed by atoms with Gasteiger partial charge in [-0.05, 0) is 45.7 Å². The van der Waals surface area contributed by atoms with E-state index in [0.29, 0.717) is 25.5 Å². The number of ether oxygens (including phenoxy) is 4. The van der Waals surface area contributed by atoms with Gasteiger partial charge in [0.2, 0.25) is 0 Å². The monoisotopic (exact) mass is 447 g/mol. The SMILES string of the molecule is CCOCC(C)CNP(=O)(OCCOc1ccc(C(OC)OC)cc1)OC(C)(C)C. The van der Waals surface area contributed by atoms with Gasteiger partial charge in [0.25, 0.3) is 0 Å². The van der Waals surface area contributed by atoms with Gasteiger partial charge >= 0.3 is 7.75 Å². The fourth-order valence-corrected chi connectivity index (χ4v) is 4.30. The molecule has 2 atom stereocenters. The van der Waals surface area contributed by atoms with Crippen LogP contribution in [-0.2, 0) is 27.8 Å². The second-order valence-electron chi connectivity index (χ2n) is 7.88. The summed E-state index contributed by atoms with van der Waals surface area (Å²) >= 11 is 0. The van der Waals surface area contributed by atoms with E-state index >= 15 is 0 Å². The molecule has 0 aromatic heterocycles. The third kappa shape index (κ3) is 10.9. The normalized spacial score (nSPS) is 15.2. The molecule has 30 heavy (non-hydrogen) atoms. The number of hydrogen-bond acceptors (Lipinski definition) is 7. The first kappa shape index (κ1) is 27.0. The Bertz CT molecular complexity index is 629. The molecule has 0 aliphatic carbocycles. The van der Waals surface area contributed by atoms with Crippen LogP contribution in [0, 0.1) is 5.92 Å². The average Bonchev–Trinajstić information content (AvgIpc) is 2.69. The van der Waals surface area contributed by atoms with Crippen molar-refractivity contribution in [3.63, 3.8) is 0 Å². The molecule has 0 saturated carbocycles. The molecule has 9 heteroatoms. The standard InChI is InChI=1S/C21H38NO7P/c1-8-26-16-17(2)15-22-30(23,29-21(3,4)5)28-14-13-27-19-11-9-18(10-12-19)20(24-6)25-7/h9-12,17,20H,8,13-16H2,1-7H3,(H,22,23). The highest BCUT2D eigenvalue weighted by Crippen LogP contribution is 2.47. The maximum Gasteiger partial charge on any atom is 0.406 e. The summed E-state index contributed by atoms with van der Waals surface area (Å²) in [4.78, 5) is 0. The van der Waals surface area contributed by atoms with Gasteiger partial charge in [-0.1, -0.05) is 19.1 Å². The number of hydrogen-bond donors (Lipinski definition) is 1. The van der Waals surface area contributed by atoms with Crippen LogP contribution in [0.4, 0.5) is 0 Å². The average molecular weight is 448 g/mol. The minimum absolute atomic E-state index is 0.112. The van der Waals surface area contributed by atoms with E-state index in [2.05, 4.69) is 5.09 Å². The van der Waals surface area contributed by atoms with Crippen LogP contribution in [0.5, 0.6) is 5.75 Å². The molecule has 1 N–H and O–H groups in total. The number of nitrogens with one attached hydrogen (secondary N) is 1. The Balaban J connectivity index is 2.55. The molecular formula is C21H38NO7P. The fraction of sp³-hybridized carbons (Fsp3) is 0.714. The lowest BCUT2D eigenvalue weighted by atomic mass is 10.2. The van der Waals surface area contributed by atoms with Crippen LogP contribution >= 0.6 is 7.75 Å². The predicted molar refractivity (Wildman–Crippen MR) is 117 cm³/mol. The van der Waals surface area contributed by atoms with Crippen molar-refractivity contribution >= 4 is 7.75 Å². The van der Waals surface area contributed by atoms with Crippen LogP contribution in [0.15, 0.2) is 24.3 Å². The molecule has 8 nitrogen and oxygen atoms in total. The molecule has 0 aliphatic heterocycles. The fourth-order valence-electron chi connectivity index (χ4n) is 2.52. The van der Waals surface area contributed by atoms with E-state index in [-0.39, 0.29) is 19.1 Å². The molecule has 174 valence electrons. The van der Waals surface area contributed by atoms with Crippen molar-refractivity contribution in [3.8, 4) is 5.75 Å². The van der Waals surface area contributed by atoms with Crippen molar-refractivity contribution in [2.45, 2.75) is 46.5 Å². The van der Waals surface area contributed by atoms with Gasteiger partial charge in [0.1, 0.15) is 12.4 Å². The Kier molecular flexibility index (Phi) is 12.1. The highest BCUT2D eigenvalue weighted by atomic mass is 31.2. The maximum absolute atomic E-state index is 13.1. The summed E-state index contributed by atoms with van der Waals surface area (Å²) in [6.45, 7) is 11.5. The molecule has 0 amide bonds. The Labute approximate surface area is 181 Å². The van der Waals surface area contributed by atoms with Crippen molar-refractivity contribution < 1.29 is 32.6 Å². The van der Waals surface area contributed by atoms with Crippen molar-refractivity contribution in [1.29, 1.82) is 0 Å². The molecular weight excluding hydrogens is 409 g/mol. The lowest BCUT2D eigenvalue weighted by Crippen LogP contribution is -2.29. The van der Waals surface area contributed by atoms with Gasteiger partial charge in [-0.15, -0.1) is 0 Å². The molecule has 1 aromatic carbocycles. The summed E-state index contributed by atoms with van der Waals surface area (Å²) in [5, 5.41) is 2.94. The molecule has 0 saturated heterocycles. The number of rotatable bonds is 15. The van der Waals surface area contributed by atoms with Gasteiger partial charge < -0.3 is 18.9 Å². The third-order valence-electron chi connectivity index (χ3n) is 3.83. The molecule has 2 unspecified atom stereocenters. The number of methoxy groups -OCH3 is 2. The van der Waals surface area contributed by atoms with Crippen LogP contribution in [-0.4, -0.2) is 52.8 Å². The van der Waals surface area contributed by atoms with Crippen molar-refractivity contribution in [2.24, 2.45) is 5.92 Å². The Morgan fingerprint density at radius 2 is 1.70 bits per heavy atom. The first-order valence-corrected chi connectivity index (χ1v) is 11.7. The van der Waals surface area contributed by atoms with Crippen molar-refractivity contribution in [1.82, 2.24) is 5.09 Å². The van der Waals surface area contributed by atoms with Crippen LogP contribution in [0.1, 0.15) is 46.5 Å². The first-order valence-electron chi connectivity index (χ1n) is 10.2. The van der Waals surface area contributed by atoms with E-state index in [1.807, 2.05) is 58.9 Å². The zero-order chi connectivity index (χ0) is 22.6. The molecule has 0 spiro atoms. The summed E-state index contributed by atoms with van der Waals surface area (Å²) in [5.41, 5.74) is 0.263.